The summed E-state index contributed by atoms with van der Waals surface area (Å²) in [5.41, 5.74) is 2.08. The van der Waals surface area contributed by atoms with Crippen molar-refractivity contribution in [3.05, 3.63) is 81.1 Å². The Morgan fingerprint density at radius 1 is 1.25 bits per heavy atom. The summed E-state index contributed by atoms with van der Waals surface area (Å²) in [6, 6.07) is 11.4. The molecule has 124 valence electrons. The van der Waals surface area contributed by atoms with Crippen molar-refractivity contribution >= 4 is 17.2 Å². The summed E-state index contributed by atoms with van der Waals surface area (Å²) in [6.45, 7) is 2.54. The van der Waals surface area contributed by atoms with E-state index >= 15 is 0 Å². The molecule has 4 nitrogen and oxygen atoms in total. The minimum Gasteiger partial charge on any atom is -0.294 e. The maximum atomic E-state index is 13.0. The molecular formula is C18H17ClFN3O. The molecule has 0 spiro atoms. The van der Waals surface area contributed by atoms with Gasteiger partial charge in [0.05, 0.1) is 10.7 Å². The molecule has 0 aliphatic rings. The van der Waals surface area contributed by atoms with Gasteiger partial charge in [0, 0.05) is 24.8 Å². The van der Waals surface area contributed by atoms with E-state index in [0.717, 1.165) is 5.56 Å². The molecule has 1 atom stereocenters. The third kappa shape index (κ3) is 3.47. The number of halogens is 2. The highest BCUT2D eigenvalue weighted by Gasteiger charge is 2.13. The van der Waals surface area contributed by atoms with Crippen LogP contribution in [0.25, 0.3) is 5.65 Å². The maximum Gasteiger partial charge on any atom is 0.258 e. The van der Waals surface area contributed by atoms with Crippen LogP contribution >= 0.6 is 11.6 Å². The molecular weight excluding hydrogens is 329 g/mol. The van der Waals surface area contributed by atoms with Crippen molar-refractivity contribution in [2.45, 2.75) is 19.5 Å². The van der Waals surface area contributed by atoms with Crippen molar-refractivity contribution in [2.75, 3.05) is 7.05 Å². The number of nitrogens with zero attached hydrogens (tertiary/aromatic N) is 3. The zero-order valence-corrected chi connectivity index (χ0v) is 14.2. The van der Waals surface area contributed by atoms with Gasteiger partial charge in [-0.2, -0.15) is 0 Å². The lowest BCUT2D eigenvalue weighted by Crippen LogP contribution is -2.24. The van der Waals surface area contributed by atoms with Gasteiger partial charge in [0.2, 0.25) is 0 Å². The van der Waals surface area contributed by atoms with Crippen LogP contribution in [-0.2, 0) is 6.54 Å². The largest absolute Gasteiger partial charge is 0.294 e. The van der Waals surface area contributed by atoms with Crippen molar-refractivity contribution in [1.29, 1.82) is 0 Å². The van der Waals surface area contributed by atoms with Gasteiger partial charge in [0.25, 0.3) is 5.56 Å². The van der Waals surface area contributed by atoms with Crippen LogP contribution < -0.4 is 5.56 Å². The Labute approximate surface area is 144 Å². The van der Waals surface area contributed by atoms with Crippen LogP contribution in [0, 0.1) is 5.82 Å². The van der Waals surface area contributed by atoms with Gasteiger partial charge in [-0.1, -0.05) is 23.7 Å². The van der Waals surface area contributed by atoms with E-state index in [4.69, 9.17) is 11.6 Å². The second-order valence-corrected chi connectivity index (χ2v) is 6.24. The van der Waals surface area contributed by atoms with Crippen molar-refractivity contribution in [2.24, 2.45) is 0 Å². The van der Waals surface area contributed by atoms with E-state index in [9.17, 15) is 9.18 Å². The second kappa shape index (κ2) is 6.71. The molecule has 0 radical (unpaired) electrons. The van der Waals surface area contributed by atoms with E-state index in [1.54, 1.807) is 30.5 Å². The Morgan fingerprint density at radius 2 is 1.96 bits per heavy atom. The van der Waals surface area contributed by atoms with E-state index in [2.05, 4.69) is 9.88 Å². The smallest absolute Gasteiger partial charge is 0.258 e. The van der Waals surface area contributed by atoms with E-state index in [0.29, 0.717) is 22.9 Å². The number of rotatable bonds is 4. The molecule has 0 aliphatic carbocycles. The standard InChI is InChI=1S/C18H17ClFN3O/c1-12(13-3-6-15(20)7-4-13)22(2)11-16-9-18(24)23-10-14(19)5-8-17(23)21-16/h3-10,12H,11H2,1-2H3/t12-/m0/s1. The summed E-state index contributed by atoms with van der Waals surface area (Å²) < 4.78 is 14.5. The third-order valence-electron chi connectivity index (χ3n) is 4.10. The van der Waals surface area contributed by atoms with Crippen molar-refractivity contribution in [3.8, 4) is 0 Å². The minimum atomic E-state index is -0.253. The Bertz CT molecular complexity index is 924. The highest BCUT2D eigenvalue weighted by molar-refractivity contribution is 6.30. The molecule has 2 heterocycles. The van der Waals surface area contributed by atoms with Crippen LogP contribution in [0.5, 0.6) is 0 Å². The van der Waals surface area contributed by atoms with E-state index in [1.165, 1.54) is 22.6 Å². The van der Waals surface area contributed by atoms with Crippen LogP contribution in [0.4, 0.5) is 4.39 Å². The van der Waals surface area contributed by atoms with Gasteiger partial charge in [-0.05, 0) is 43.8 Å². The SMILES string of the molecule is C[C@@H](c1ccc(F)cc1)N(C)Cc1cc(=O)n2cc(Cl)ccc2n1. The van der Waals surface area contributed by atoms with Gasteiger partial charge in [-0.15, -0.1) is 0 Å². The number of aromatic nitrogens is 2. The van der Waals surface area contributed by atoms with Gasteiger partial charge in [-0.25, -0.2) is 9.37 Å². The third-order valence-corrected chi connectivity index (χ3v) is 4.33. The monoisotopic (exact) mass is 345 g/mol. The topological polar surface area (TPSA) is 37.6 Å². The molecule has 1 aromatic carbocycles. The molecule has 0 unspecified atom stereocenters. The molecule has 6 heteroatoms. The van der Waals surface area contributed by atoms with Crippen molar-refractivity contribution in [1.82, 2.24) is 14.3 Å². The zero-order valence-electron chi connectivity index (χ0n) is 13.4. The lowest BCUT2D eigenvalue weighted by Gasteiger charge is -2.24. The lowest BCUT2D eigenvalue weighted by molar-refractivity contribution is 0.250. The van der Waals surface area contributed by atoms with Gasteiger partial charge in [-0.3, -0.25) is 14.1 Å². The summed E-state index contributed by atoms with van der Waals surface area (Å²) in [5.74, 6) is -0.253. The molecule has 3 aromatic rings. The van der Waals surface area contributed by atoms with Crippen LogP contribution in [0.3, 0.4) is 0 Å². The molecule has 0 saturated heterocycles. The summed E-state index contributed by atoms with van der Waals surface area (Å²) in [6.07, 6.45) is 1.56. The quantitative estimate of drug-likeness (QED) is 0.724. The molecule has 3 rings (SSSR count). The first-order valence-corrected chi connectivity index (χ1v) is 7.95. The normalized spacial score (nSPS) is 12.7. The van der Waals surface area contributed by atoms with Crippen LogP contribution in [0.15, 0.2) is 53.5 Å². The number of hydrogen-bond acceptors (Lipinski definition) is 3. The van der Waals surface area contributed by atoms with E-state index < -0.39 is 0 Å². The predicted octanol–water partition coefficient (Wildman–Crippen LogP) is 3.68. The van der Waals surface area contributed by atoms with Gasteiger partial charge >= 0.3 is 0 Å². The first-order chi connectivity index (χ1) is 11.4. The van der Waals surface area contributed by atoms with Crippen LogP contribution in [0.1, 0.15) is 24.2 Å². The summed E-state index contributed by atoms with van der Waals surface area (Å²) in [5, 5.41) is 0.487. The molecule has 0 amide bonds. The van der Waals surface area contributed by atoms with Crippen LogP contribution in [-0.4, -0.2) is 21.3 Å². The van der Waals surface area contributed by atoms with Crippen molar-refractivity contribution in [3.63, 3.8) is 0 Å². The maximum absolute atomic E-state index is 13.0. The summed E-state index contributed by atoms with van der Waals surface area (Å²) in [7, 11) is 1.94. The molecule has 0 aliphatic heterocycles. The van der Waals surface area contributed by atoms with E-state index in [1.807, 2.05) is 14.0 Å². The predicted molar refractivity (Wildman–Crippen MR) is 92.8 cm³/mol. The average Bonchev–Trinajstić information content (AvgIpc) is 2.55. The fourth-order valence-corrected chi connectivity index (χ4v) is 2.76. The fourth-order valence-electron chi connectivity index (χ4n) is 2.60. The van der Waals surface area contributed by atoms with E-state index in [-0.39, 0.29) is 17.4 Å². The second-order valence-electron chi connectivity index (χ2n) is 5.80. The number of pyridine rings is 1. The number of fused-ring (bicyclic) bond motifs is 1. The Balaban J connectivity index is 1.84. The number of benzene rings is 1. The minimum absolute atomic E-state index is 0.0658. The van der Waals surface area contributed by atoms with Crippen molar-refractivity contribution < 1.29 is 4.39 Å². The average molecular weight is 346 g/mol. The molecule has 2 aromatic heterocycles. The Kier molecular flexibility index (Phi) is 4.64. The summed E-state index contributed by atoms with van der Waals surface area (Å²) in [4.78, 5) is 18.8. The summed E-state index contributed by atoms with van der Waals surface area (Å²) >= 11 is 5.91. The Hall–Kier alpha value is -2.24. The fraction of sp³-hybridized carbons (Fsp3) is 0.222. The van der Waals surface area contributed by atoms with Gasteiger partial charge in [0.15, 0.2) is 0 Å². The molecule has 0 saturated carbocycles. The Morgan fingerprint density at radius 3 is 2.67 bits per heavy atom. The first kappa shape index (κ1) is 16.6. The lowest BCUT2D eigenvalue weighted by atomic mass is 10.1. The highest BCUT2D eigenvalue weighted by Crippen LogP contribution is 2.20. The molecule has 24 heavy (non-hydrogen) atoms. The molecule has 0 fully saturated rings. The number of hydrogen-bond donors (Lipinski definition) is 0. The van der Waals surface area contributed by atoms with Gasteiger partial charge in [0.1, 0.15) is 11.5 Å². The zero-order chi connectivity index (χ0) is 17.3. The highest BCUT2D eigenvalue weighted by atomic mass is 35.5. The molecule has 0 bridgehead atoms. The van der Waals surface area contributed by atoms with Crippen LogP contribution in [0.2, 0.25) is 5.02 Å². The first-order valence-electron chi connectivity index (χ1n) is 7.57. The molecule has 0 N–H and O–H groups in total. The van der Waals surface area contributed by atoms with Gasteiger partial charge < -0.3 is 0 Å².